The third-order valence-corrected chi connectivity index (χ3v) is 3.92. The number of rotatable bonds is 10. The van der Waals surface area contributed by atoms with Crippen molar-refractivity contribution in [2.24, 2.45) is 5.73 Å². The van der Waals surface area contributed by atoms with Crippen LogP contribution < -0.4 is 16.4 Å². The Morgan fingerprint density at radius 3 is 2.42 bits per heavy atom. The lowest BCUT2D eigenvalue weighted by molar-refractivity contribution is -0.124. The predicted octanol–water partition coefficient (Wildman–Crippen LogP) is 0.878. The summed E-state index contributed by atoms with van der Waals surface area (Å²) in [5, 5.41) is 5.81. The molecule has 1 atom stereocenters. The van der Waals surface area contributed by atoms with Crippen molar-refractivity contribution < 1.29 is 9.59 Å². The molecule has 0 aliphatic carbocycles. The van der Waals surface area contributed by atoms with Gasteiger partial charge in [-0.2, -0.15) is 11.8 Å². The minimum Gasteiger partial charge on any atom is -0.368 e. The molecule has 5 nitrogen and oxygen atoms in total. The first-order chi connectivity index (χ1) is 8.81. The quantitative estimate of drug-likeness (QED) is 0.521. The number of amides is 2. The number of primary amides is 1. The molecule has 112 valence electrons. The topological polar surface area (TPSA) is 84.2 Å². The second kappa shape index (κ2) is 9.20. The lowest BCUT2D eigenvalue weighted by Crippen LogP contribution is -2.55. The molecule has 0 radical (unpaired) electrons. The first kappa shape index (κ1) is 18.2. The minimum absolute atomic E-state index is 0.0495. The van der Waals surface area contributed by atoms with Crippen LogP contribution in [-0.2, 0) is 9.59 Å². The molecule has 4 N–H and O–H groups in total. The van der Waals surface area contributed by atoms with E-state index in [2.05, 4.69) is 10.6 Å². The largest absolute Gasteiger partial charge is 0.368 e. The number of nitrogens with two attached hydrogens (primary N) is 1. The number of carbonyl (C=O) groups is 2. The molecule has 0 aromatic rings. The van der Waals surface area contributed by atoms with Crippen molar-refractivity contribution in [3.05, 3.63) is 0 Å². The summed E-state index contributed by atoms with van der Waals surface area (Å²) in [5.74, 6) is 1.16. The molecule has 0 fully saturated rings. The van der Waals surface area contributed by atoms with Gasteiger partial charge in [0.1, 0.15) is 0 Å². The van der Waals surface area contributed by atoms with Crippen molar-refractivity contribution in [3.63, 3.8) is 0 Å². The summed E-state index contributed by atoms with van der Waals surface area (Å²) < 4.78 is 0. The highest BCUT2D eigenvalue weighted by molar-refractivity contribution is 7.99. The average molecular weight is 289 g/mol. The zero-order valence-corrected chi connectivity index (χ0v) is 13.2. The highest BCUT2D eigenvalue weighted by atomic mass is 32.2. The van der Waals surface area contributed by atoms with E-state index in [4.69, 9.17) is 5.73 Å². The number of hydrogen-bond donors (Lipinski definition) is 3. The lowest BCUT2D eigenvalue weighted by Gasteiger charge is -2.29. The summed E-state index contributed by atoms with van der Waals surface area (Å²) in [6.07, 6.45) is 2.62. The van der Waals surface area contributed by atoms with Gasteiger partial charge in [-0.05, 0) is 39.4 Å². The van der Waals surface area contributed by atoms with Crippen molar-refractivity contribution in [3.8, 4) is 0 Å². The van der Waals surface area contributed by atoms with Gasteiger partial charge in [0.25, 0.3) is 0 Å². The molecule has 19 heavy (non-hydrogen) atoms. The summed E-state index contributed by atoms with van der Waals surface area (Å²) in [6.45, 7) is 5.85. The maximum Gasteiger partial charge on any atom is 0.237 e. The Morgan fingerprint density at radius 1 is 1.32 bits per heavy atom. The number of hydrogen-bond acceptors (Lipinski definition) is 4. The van der Waals surface area contributed by atoms with Gasteiger partial charge < -0.3 is 16.4 Å². The van der Waals surface area contributed by atoms with E-state index in [1.165, 1.54) is 0 Å². The fourth-order valence-corrected chi connectivity index (χ4v) is 2.71. The average Bonchev–Trinajstić information content (AvgIpc) is 2.32. The normalized spacial score (nSPS) is 14.2. The number of thioether (sulfide) groups is 1. The zero-order chi connectivity index (χ0) is 14.9. The highest BCUT2D eigenvalue weighted by Crippen LogP contribution is 2.16. The van der Waals surface area contributed by atoms with E-state index in [0.29, 0.717) is 5.75 Å². The van der Waals surface area contributed by atoms with E-state index >= 15 is 0 Å². The van der Waals surface area contributed by atoms with E-state index in [0.717, 1.165) is 25.0 Å². The molecule has 0 aliphatic rings. The summed E-state index contributed by atoms with van der Waals surface area (Å²) >= 11 is 1.61. The summed E-state index contributed by atoms with van der Waals surface area (Å²) in [6, 6.07) is 0.222. The van der Waals surface area contributed by atoms with Gasteiger partial charge in [-0.1, -0.05) is 6.42 Å². The Labute approximate surface area is 120 Å². The van der Waals surface area contributed by atoms with Crippen LogP contribution in [0.15, 0.2) is 0 Å². The fraction of sp³-hybridized carbons (Fsp3) is 0.846. The predicted molar refractivity (Wildman–Crippen MR) is 81.1 cm³/mol. The van der Waals surface area contributed by atoms with Crippen LogP contribution in [0.4, 0.5) is 0 Å². The summed E-state index contributed by atoms with van der Waals surface area (Å²) in [4.78, 5) is 22.5. The lowest BCUT2D eigenvalue weighted by atomic mass is 9.93. The van der Waals surface area contributed by atoms with E-state index in [9.17, 15) is 9.59 Å². The Morgan fingerprint density at radius 2 is 1.95 bits per heavy atom. The number of unbranched alkanes of at least 4 members (excludes halogenated alkanes) is 1. The Kier molecular flexibility index (Phi) is 8.84. The molecule has 0 spiro atoms. The smallest absolute Gasteiger partial charge is 0.237 e. The van der Waals surface area contributed by atoms with Crippen LogP contribution in [0.3, 0.4) is 0 Å². The van der Waals surface area contributed by atoms with E-state index < -0.39 is 5.54 Å². The maximum absolute atomic E-state index is 11.5. The minimum atomic E-state index is -0.639. The molecule has 0 saturated heterocycles. The van der Waals surface area contributed by atoms with Gasteiger partial charge >= 0.3 is 0 Å². The Hall–Kier alpha value is -0.750. The molecule has 0 rings (SSSR count). The van der Waals surface area contributed by atoms with Crippen molar-refractivity contribution in [1.29, 1.82) is 0 Å². The summed E-state index contributed by atoms with van der Waals surface area (Å²) in [7, 11) is 1.64. The molecule has 0 aromatic heterocycles. The van der Waals surface area contributed by atoms with Crippen LogP contribution in [0.2, 0.25) is 0 Å². The van der Waals surface area contributed by atoms with Crippen molar-refractivity contribution in [2.45, 2.75) is 51.6 Å². The van der Waals surface area contributed by atoms with Crippen LogP contribution in [0.25, 0.3) is 0 Å². The van der Waals surface area contributed by atoms with Crippen LogP contribution in [-0.4, -0.2) is 41.9 Å². The molecular weight excluding hydrogens is 262 g/mol. The summed E-state index contributed by atoms with van der Waals surface area (Å²) in [5.41, 5.74) is 4.82. The first-order valence-corrected chi connectivity index (χ1v) is 7.83. The van der Waals surface area contributed by atoms with Crippen molar-refractivity contribution in [1.82, 2.24) is 10.6 Å². The monoisotopic (exact) mass is 289 g/mol. The molecule has 0 aromatic carbocycles. The van der Waals surface area contributed by atoms with Gasteiger partial charge in [-0.3, -0.25) is 9.59 Å². The van der Waals surface area contributed by atoms with Gasteiger partial charge in [-0.15, -0.1) is 0 Å². The Balaban J connectivity index is 3.89. The third kappa shape index (κ3) is 8.10. The standard InChI is InChI=1S/C13H27N3O2S/c1-10(2)16-13(3,12(14)18)7-5-6-8-19-9-11(17)15-4/h10,16H,5-9H2,1-4H3,(H2,14,18)(H,15,17). The fourth-order valence-electron chi connectivity index (χ4n) is 1.82. The molecule has 0 bridgehead atoms. The second-order valence-corrected chi connectivity index (χ2v) is 6.28. The van der Waals surface area contributed by atoms with Gasteiger partial charge in [0, 0.05) is 13.1 Å². The Bertz CT molecular complexity index is 298. The van der Waals surface area contributed by atoms with Crippen molar-refractivity contribution in [2.75, 3.05) is 18.6 Å². The SMILES string of the molecule is CNC(=O)CSCCCCC(C)(NC(C)C)C(N)=O. The molecule has 0 aliphatic heterocycles. The van der Waals surface area contributed by atoms with Crippen LogP contribution in [0.5, 0.6) is 0 Å². The van der Waals surface area contributed by atoms with Gasteiger partial charge in [0.05, 0.1) is 11.3 Å². The molecule has 1 unspecified atom stereocenters. The van der Waals surface area contributed by atoms with Gasteiger partial charge in [-0.25, -0.2) is 0 Å². The van der Waals surface area contributed by atoms with E-state index in [1.807, 2.05) is 20.8 Å². The second-order valence-electron chi connectivity index (χ2n) is 5.18. The van der Waals surface area contributed by atoms with Gasteiger partial charge in [0.2, 0.25) is 11.8 Å². The number of carbonyl (C=O) groups excluding carboxylic acids is 2. The molecule has 6 heteroatoms. The van der Waals surface area contributed by atoms with Crippen LogP contribution in [0, 0.1) is 0 Å². The maximum atomic E-state index is 11.5. The third-order valence-electron chi connectivity index (χ3n) is 2.88. The molecule has 0 heterocycles. The van der Waals surface area contributed by atoms with Crippen LogP contribution >= 0.6 is 11.8 Å². The zero-order valence-electron chi connectivity index (χ0n) is 12.4. The molecular formula is C13H27N3O2S. The van der Waals surface area contributed by atoms with E-state index in [-0.39, 0.29) is 17.9 Å². The van der Waals surface area contributed by atoms with E-state index in [1.54, 1.807) is 18.8 Å². The number of nitrogens with one attached hydrogen (secondary N) is 2. The van der Waals surface area contributed by atoms with Crippen molar-refractivity contribution >= 4 is 23.6 Å². The van der Waals surface area contributed by atoms with Gasteiger partial charge in [0.15, 0.2) is 0 Å². The molecule has 0 saturated carbocycles. The highest BCUT2D eigenvalue weighted by Gasteiger charge is 2.30. The first-order valence-electron chi connectivity index (χ1n) is 6.67. The molecule has 2 amide bonds. The van der Waals surface area contributed by atoms with Crippen LogP contribution in [0.1, 0.15) is 40.0 Å².